The summed E-state index contributed by atoms with van der Waals surface area (Å²) >= 11 is 5.88. The Kier molecular flexibility index (Phi) is 5.65. The monoisotopic (exact) mass is 333 g/mol. The van der Waals surface area contributed by atoms with Crippen molar-refractivity contribution in [3.05, 3.63) is 53.1 Å². The molecule has 1 N–H and O–H groups in total. The average Bonchev–Trinajstić information content (AvgIpc) is 2.54. The fourth-order valence-corrected chi connectivity index (χ4v) is 2.00. The smallest absolute Gasteiger partial charge is 0.261 e. The van der Waals surface area contributed by atoms with Gasteiger partial charge in [-0.25, -0.2) is 4.98 Å². The van der Waals surface area contributed by atoms with Gasteiger partial charge in [-0.15, -0.1) is 0 Å². The first-order chi connectivity index (χ1) is 11.0. The van der Waals surface area contributed by atoms with E-state index in [0.717, 1.165) is 0 Å². The zero-order valence-electron chi connectivity index (χ0n) is 12.7. The Morgan fingerprint density at radius 1 is 1.30 bits per heavy atom. The molecule has 2 aromatic rings. The lowest BCUT2D eigenvalue weighted by molar-refractivity contribution is -0.127. The number of benzene rings is 1. The third-order valence-corrected chi connectivity index (χ3v) is 3.39. The topological polar surface area (TPSA) is 81.2 Å². The molecular weight excluding hydrogens is 318 g/mol. The highest BCUT2D eigenvalue weighted by atomic mass is 35.5. The Hall–Kier alpha value is -2.47. The molecule has 1 amide bonds. The van der Waals surface area contributed by atoms with Gasteiger partial charge in [0.15, 0.2) is 17.0 Å². The first-order valence-electron chi connectivity index (χ1n) is 6.98. The Labute approximate surface area is 138 Å². The van der Waals surface area contributed by atoms with Crippen molar-refractivity contribution in [1.82, 2.24) is 15.3 Å². The maximum Gasteiger partial charge on any atom is 0.261 e. The van der Waals surface area contributed by atoms with Crippen LogP contribution in [0.1, 0.15) is 29.9 Å². The minimum absolute atomic E-state index is 0.0650. The van der Waals surface area contributed by atoms with Crippen LogP contribution in [0.4, 0.5) is 0 Å². The Morgan fingerprint density at radius 3 is 2.74 bits per heavy atom. The fraction of sp³-hybridized carbons (Fsp3) is 0.250. The number of carbonyl (C=O) groups excluding carboxylic acids is 2. The van der Waals surface area contributed by atoms with Crippen LogP contribution in [-0.4, -0.2) is 27.8 Å². The lowest BCUT2D eigenvalue weighted by Crippen LogP contribution is -2.36. The molecule has 1 heterocycles. The van der Waals surface area contributed by atoms with Crippen LogP contribution in [0.25, 0.3) is 0 Å². The van der Waals surface area contributed by atoms with Crippen molar-refractivity contribution in [1.29, 1.82) is 0 Å². The van der Waals surface area contributed by atoms with Crippen molar-refractivity contribution < 1.29 is 14.3 Å². The second kappa shape index (κ2) is 7.69. The van der Waals surface area contributed by atoms with Gasteiger partial charge in [-0.1, -0.05) is 23.7 Å². The number of rotatable bonds is 6. The molecule has 0 fully saturated rings. The normalized spacial score (nSPS) is 11.6. The number of aromatic nitrogens is 2. The quantitative estimate of drug-likeness (QED) is 0.821. The molecule has 0 aliphatic rings. The molecule has 6 nitrogen and oxygen atoms in total. The van der Waals surface area contributed by atoms with E-state index in [4.69, 9.17) is 16.3 Å². The van der Waals surface area contributed by atoms with E-state index in [2.05, 4.69) is 15.3 Å². The molecule has 2 rings (SSSR count). The summed E-state index contributed by atoms with van der Waals surface area (Å²) in [7, 11) is 0. The molecule has 23 heavy (non-hydrogen) atoms. The van der Waals surface area contributed by atoms with Gasteiger partial charge >= 0.3 is 0 Å². The van der Waals surface area contributed by atoms with Crippen molar-refractivity contribution in [2.45, 2.75) is 26.5 Å². The number of carbonyl (C=O) groups is 2. The highest BCUT2D eigenvalue weighted by Gasteiger charge is 2.15. The lowest BCUT2D eigenvalue weighted by Gasteiger charge is -2.15. The minimum Gasteiger partial charge on any atom is -0.481 e. The molecule has 0 radical (unpaired) electrons. The standard InChI is InChI=1S/C16H16ClN3O3/c1-10(21)12-4-3-5-13(8-12)23-11(2)16(22)20-9-14-15(17)19-7-6-18-14/h3-8,11H,9H2,1-2H3,(H,20,22)/t11-/m0/s1. The molecule has 0 spiro atoms. The number of hydrogen-bond donors (Lipinski definition) is 1. The van der Waals surface area contributed by atoms with Gasteiger partial charge in [0.1, 0.15) is 5.75 Å². The van der Waals surface area contributed by atoms with E-state index in [9.17, 15) is 9.59 Å². The van der Waals surface area contributed by atoms with Gasteiger partial charge in [-0.05, 0) is 26.0 Å². The van der Waals surface area contributed by atoms with E-state index < -0.39 is 6.10 Å². The summed E-state index contributed by atoms with van der Waals surface area (Å²) in [5.74, 6) is 0.0719. The Balaban J connectivity index is 1.94. The largest absolute Gasteiger partial charge is 0.481 e. The maximum atomic E-state index is 12.1. The zero-order chi connectivity index (χ0) is 16.8. The molecule has 1 aromatic carbocycles. The zero-order valence-corrected chi connectivity index (χ0v) is 13.5. The number of halogens is 1. The summed E-state index contributed by atoms with van der Waals surface area (Å²) < 4.78 is 5.55. The van der Waals surface area contributed by atoms with E-state index in [1.54, 1.807) is 31.2 Å². The highest BCUT2D eigenvalue weighted by Crippen LogP contribution is 2.15. The summed E-state index contributed by atoms with van der Waals surface area (Å²) in [6, 6.07) is 6.69. The van der Waals surface area contributed by atoms with Crippen molar-refractivity contribution in [2.75, 3.05) is 0 Å². The predicted molar refractivity (Wildman–Crippen MR) is 85.4 cm³/mol. The Morgan fingerprint density at radius 2 is 2.04 bits per heavy atom. The second-order valence-electron chi connectivity index (χ2n) is 4.86. The lowest BCUT2D eigenvalue weighted by atomic mass is 10.1. The second-order valence-corrected chi connectivity index (χ2v) is 5.21. The highest BCUT2D eigenvalue weighted by molar-refractivity contribution is 6.29. The van der Waals surface area contributed by atoms with Gasteiger partial charge < -0.3 is 10.1 Å². The molecule has 0 aliphatic carbocycles. The number of ether oxygens (including phenoxy) is 1. The third-order valence-electron chi connectivity index (χ3n) is 3.08. The summed E-state index contributed by atoms with van der Waals surface area (Å²) in [6.07, 6.45) is 2.25. The predicted octanol–water partition coefficient (Wildman–Crippen LogP) is 2.42. The number of amides is 1. The SMILES string of the molecule is CC(=O)c1cccc(O[C@@H](C)C(=O)NCc2nccnc2Cl)c1. The molecule has 0 saturated heterocycles. The van der Waals surface area contributed by atoms with Gasteiger partial charge in [0.25, 0.3) is 5.91 Å². The van der Waals surface area contributed by atoms with Crippen molar-refractivity contribution in [3.8, 4) is 5.75 Å². The first-order valence-corrected chi connectivity index (χ1v) is 7.36. The Bertz CT molecular complexity index is 721. The minimum atomic E-state index is -0.729. The summed E-state index contributed by atoms with van der Waals surface area (Å²) in [5.41, 5.74) is 1.01. The van der Waals surface area contributed by atoms with Crippen LogP contribution in [0, 0.1) is 0 Å². The van der Waals surface area contributed by atoms with E-state index >= 15 is 0 Å². The maximum absolute atomic E-state index is 12.1. The molecular formula is C16H16ClN3O3. The summed E-state index contributed by atoms with van der Waals surface area (Å²) in [6.45, 7) is 3.25. The molecule has 0 unspecified atom stereocenters. The molecule has 1 aromatic heterocycles. The van der Waals surface area contributed by atoms with Gasteiger partial charge in [-0.3, -0.25) is 14.6 Å². The van der Waals surface area contributed by atoms with Crippen molar-refractivity contribution >= 4 is 23.3 Å². The number of nitrogens with one attached hydrogen (secondary N) is 1. The molecule has 0 aliphatic heterocycles. The van der Waals surface area contributed by atoms with E-state index in [-0.39, 0.29) is 23.4 Å². The average molecular weight is 334 g/mol. The van der Waals surface area contributed by atoms with Crippen LogP contribution in [0.2, 0.25) is 5.15 Å². The van der Waals surface area contributed by atoms with Gasteiger partial charge in [0.05, 0.1) is 12.2 Å². The molecule has 1 atom stereocenters. The van der Waals surface area contributed by atoms with Crippen molar-refractivity contribution in [2.24, 2.45) is 0 Å². The number of ketones is 1. The molecule has 7 heteroatoms. The molecule has 0 saturated carbocycles. The number of hydrogen-bond acceptors (Lipinski definition) is 5. The number of Topliss-reactive ketones (excluding diaryl/α,β-unsaturated/α-hetero) is 1. The van der Waals surface area contributed by atoms with Crippen LogP contribution in [0.5, 0.6) is 5.75 Å². The third kappa shape index (κ3) is 4.75. The summed E-state index contributed by atoms with van der Waals surface area (Å²) in [5, 5.41) is 2.93. The van der Waals surface area contributed by atoms with E-state index in [1.165, 1.54) is 19.3 Å². The van der Waals surface area contributed by atoms with E-state index in [1.807, 2.05) is 0 Å². The fourth-order valence-electron chi connectivity index (χ4n) is 1.83. The van der Waals surface area contributed by atoms with E-state index in [0.29, 0.717) is 17.0 Å². The van der Waals surface area contributed by atoms with Crippen LogP contribution in [-0.2, 0) is 11.3 Å². The summed E-state index contributed by atoms with van der Waals surface area (Å²) in [4.78, 5) is 31.3. The molecule has 0 bridgehead atoms. The molecule has 120 valence electrons. The first kappa shape index (κ1) is 16.9. The van der Waals surface area contributed by atoms with Crippen LogP contribution >= 0.6 is 11.6 Å². The van der Waals surface area contributed by atoms with Crippen LogP contribution < -0.4 is 10.1 Å². The van der Waals surface area contributed by atoms with Gasteiger partial charge in [0, 0.05) is 18.0 Å². The van der Waals surface area contributed by atoms with Crippen LogP contribution in [0.3, 0.4) is 0 Å². The van der Waals surface area contributed by atoms with Crippen LogP contribution in [0.15, 0.2) is 36.7 Å². The van der Waals surface area contributed by atoms with Crippen molar-refractivity contribution in [3.63, 3.8) is 0 Å². The van der Waals surface area contributed by atoms with Gasteiger partial charge in [0.2, 0.25) is 0 Å². The van der Waals surface area contributed by atoms with Gasteiger partial charge in [-0.2, -0.15) is 0 Å². The number of nitrogens with zero attached hydrogens (tertiary/aromatic N) is 2.